The highest BCUT2D eigenvalue weighted by atomic mass is 16.5. The fourth-order valence-corrected chi connectivity index (χ4v) is 2.37. The van der Waals surface area contributed by atoms with Gasteiger partial charge in [0.15, 0.2) is 0 Å². The van der Waals surface area contributed by atoms with E-state index in [1.807, 2.05) is 38.1 Å². The maximum atomic E-state index is 11.8. The highest BCUT2D eigenvalue weighted by Gasteiger charge is 2.35. The largest absolute Gasteiger partial charge is 0.491 e. The van der Waals surface area contributed by atoms with Gasteiger partial charge in [0.05, 0.1) is 6.10 Å². The van der Waals surface area contributed by atoms with E-state index < -0.39 is 12.0 Å². The Morgan fingerprint density at radius 3 is 2.90 bits per heavy atom. The van der Waals surface area contributed by atoms with Crippen LogP contribution in [0.3, 0.4) is 0 Å². The molecule has 0 saturated carbocycles. The van der Waals surface area contributed by atoms with Crippen molar-refractivity contribution in [2.75, 3.05) is 0 Å². The zero-order valence-corrected chi connectivity index (χ0v) is 11.7. The smallest absolute Gasteiger partial charge is 0.326 e. The number of carbonyl (C=O) groups excluding carboxylic acids is 1. The monoisotopic (exact) mass is 277 g/mol. The molecule has 5 nitrogen and oxygen atoms in total. The molecule has 0 radical (unpaired) electrons. The van der Waals surface area contributed by atoms with E-state index in [2.05, 4.69) is 0 Å². The molecule has 1 aliphatic rings. The first kappa shape index (κ1) is 14.4. The van der Waals surface area contributed by atoms with E-state index >= 15 is 0 Å². The molecule has 1 unspecified atom stereocenters. The van der Waals surface area contributed by atoms with E-state index in [0.29, 0.717) is 19.4 Å². The van der Waals surface area contributed by atoms with E-state index in [1.165, 1.54) is 4.90 Å². The summed E-state index contributed by atoms with van der Waals surface area (Å²) in [6.45, 7) is 4.19. The summed E-state index contributed by atoms with van der Waals surface area (Å²) in [5.41, 5.74) is 0.879. The summed E-state index contributed by atoms with van der Waals surface area (Å²) in [7, 11) is 0. The number of benzene rings is 1. The van der Waals surface area contributed by atoms with Crippen LogP contribution in [0.1, 0.15) is 32.3 Å². The molecule has 1 atom stereocenters. The number of rotatable bonds is 5. The second-order valence-electron chi connectivity index (χ2n) is 5.23. The molecule has 20 heavy (non-hydrogen) atoms. The summed E-state index contributed by atoms with van der Waals surface area (Å²) in [5.74, 6) is -0.311. The summed E-state index contributed by atoms with van der Waals surface area (Å²) in [6, 6.07) is 6.72. The average molecular weight is 277 g/mol. The predicted octanol–water partition coefficient (Wildman–Crippen LogP) is 2.05. The Balaban J connectivity index is 2.12. The van der Waals surface area contributed by atoms with Crippen LogP contribution in [0, 0.1) is 0 Å². The van der Waals surface area contributed by atoms with Crippen LogP contribution in [0.5, 0.6) is 5.75 Å². The minimum atomic E-state index is -0.939. The third kappa shape index (κ3) is 3.29. The number of hydrogen-bond donors (Lipinski definition) is 1. The van der Waals surface area contributed by atoms with Gasteiger partial charge in [-0.3, -0.25) is 4.79 Å². The van der Waals surface area contributed by atoms with Crippen molar-refractivity contribution in [2.24, 2.45) is 0 Å². The summed E-state index contributed by atoms with van der Waals surface area (Å²) in [4.78, 5) is 24.4. The van der Waals surface area contributed by atoms with Crippen molar-refractivity contribution in [1.82, 2.24) is 4.90 Å². The van der Waals surface area contributed by atoms with Crippen LogP contribution >= 0.6 is 0 Å². The molecule has 2 rings (SSSR count). The Morgan fingerprint density at radius 2 is 2.25 bits per heavy atom. The lowest BCUT2D eigenvalue weighted by Gasteiger charge is -2.22. The average Bonchev–Trinajstić information content (AvgIpc) is 2.71. The SMILES string of the molecule is CC(C)Oc1cccc(CN2C(=O)CCC2C(=O)O)c1. The summed E-state index contributed by atoms with van der Waals surface area (Å²) in [6.07, 6.45) is 0.764. The van der Waals surface area contributed by atoms with E-state index in [4.69, 9.17) is 9.84 Å². The zero-order chi connectivity index (χ0) is 14.7. The lowest BCUT2D eigenvalue weighted by Crippen LogP contribution is -2.37. The molecule has 1 heterocycles. The van der Waals surface area contributed by atoms with Crippen molar-refractivity contribution in [1.29, 1.82) is 0 Å². The molecule has 1 aromatic rings. The zero-order valence-electron chi connectivity index (χ0n) is 11.7. The summed E-state index contributed by atoms with van der Waals surface area (Å²) >= 11 is 0. The maximum Gasteiger partial charge on any atom is 0.326 e. The van der Waals surface area contributed by atoms with Gasteiger partial charge >= 0.3 is 5.97 Å². The van der Waals surface area contributed by atoms with Gasteiger partial charge in [-0.2, -0.15) is 0 Å². The Labute approximate surface area is 118 Å². The van der Waals surface area contributed by atoms with Gasteiger partial charge in [0.25, 0.3) is 0 Å². The molecule has 0 spiro atoms. The van der Waals surface area contributed by atoms with E-state index in [-0.39, 0.29) is 12.0 Å². The molecular formula is C15H19NO4. The molecule has 0 bridgehead atoms. The van der Waals surface area contributed by atoms with Gasteiger partial charge in [0.2, 0.25) is 5.91 Å². The third-order valence-corrected chi connectivity index (χ3v) is 3.24. The number of ether oxygens (including phenoxy) is 1. The Morgan fingerprint density at radius 1 is 1.50 bits per heavy atom. The van der Waals surface area contributed by atoms with Crippen molar-refractivity contribution >= 4 is 11.9 Å². The molecular weight excluding hydrogens is 258 g/mol. The second-order valence-corrected chi connectivity index (χ2v) is 5.23. The van der Waals surface area contributed by atoms with Crippen LogP contribution < -0.4 is 4.74 Å². The molecule has 1 fully saturated rings. The predicted molar refractivity (Wildman–Crippen MR) is 73.4 cm³/mol. The van der Waals surface area contributed by atoms with Crippen LogP contribution in [0.25, 0.3) is 0 Å². The van der Waals surface area contributed by atoms with Crippen molar-refractivity contribution < 1.29 is 19.4 Å². The molecule has 1 N–H and O–H groups in total. The molecule has 0 aliphatic carbocycles. The first-order valence-electron chi connectivity index (χ1n) is 6.75. The number of aliphatic carboxylic acids is 1. The topological polar surface area (TPSA) is 66.8 Å². The number of carboxylic acid groups (broad SMARTS) is 1. The van der Waals surface area contributed by atoms with Gasteiger partial charge in [-0.25, -0.2) is 4.79 Å². The third-order valence-electron chi connectivity index (χ3n) is 3.24. The van der Waals surface area contributed by atoms with Gasteiger partial charge in [0, 0.05) is 13.0 Å². The molecule has 0 aromatic heterocycles. The fourth-order valence-electron chi connectivity index (χ4n) is 2.37. The van der Waals surface area contributed by atoms with Gasteiger partial charge < -0.3 is 14.7 Å². The lowest BCUT2D eigenvalue weighted by atomic mass is 10.1. The molecule has 5 heteroatoms. The highest BCUT2D eigenvalue weighted by molar-refractivity contribution is 5.87. The molecule has 1 aromatic carbocycles. The lowest BCUT2D eigenvalue weighted by molar-refractivity contribution is -0.146. The number of carbonyl (C=O) groups is 2. The minimum Gasteiger partial charge on any atom is -0.491 e. The molecule has 108 valence electrons. The van der Waals surface area contributed by atoms with Crippen LogP contribution in [-0.2, 0) is 16.1 Å². The van der Waals surface area contributed by atoms with Crippen molar-refractivity contribution in [2.45, 2.75) is 45.4 Å². The Kier molecular flexibility index (Phi) is 4.27. The number of nitrogens with zero attached hydrogens (tertiary/aromatic N) is 1. The van der Waals surface area contributed by atoms with Crippen LogP contribution in [0.2, 0.25) is 0 Å². The normalized spacial score (nSPS) is 18.6. The van der Waals surface area contributed by atoms with Crippen LogP contribution in [-0.4, -0.2) is 34.0 Å². The molecule has 1 amide bonds. The minimum absolute atomic E-state index is 0.0745. The standard InChI is InChI=1S/C15H19NO4/c1-10(2)20-12-5-3-4-11(8-12)9-16-13(15(18)19)6-7-14(16)17/h3-5,8,10,13H,6-7,9H2,1-2H3,(H,18,19). The van der Waals surface area contributed by atoms with Gasteiger partial charge in [-0.1, -0.05) is 12.1 Å². The Bertz CT molecular complexity index is 512. The first-order chi connectivity index (χ1) is 9.47. The highest BCUT2D eigenvalue weighted by Crippen LogP contribution is 2.23. The number of carboxylic acids is 1. The number of hydrogen-bond acceptors (Lipinski definition) is 3. The maximum absolute atomic E-state index is 11.8. The fraction of sp³-hybridized carbons (Fsp3) is 0.467. The van der Waals surface area contributed by atoms with Gasteiger partial charge in [-0.15, -0.1) is 0 Å². The van der Waals surface area contributed by atoms with Crippen LogP contribution in [0.15, 0.2) is 24.3 Å². The molecule has 1 aliphatic heterocycles. The van der Waals surface area contributed by atoms with Gasteiger partial charge in [-0.05, 0) is 38.0 Å². The van der Waals surface area contributed by atoms with E-state index in [1.54, 1.807) is 0 Å². The van der Waals surface area contributed by atoms with E-state index in [9.17, 15) is 9.59 Å². The van der Waals surface area contributed by atoms with Crippen molar-refractivity contribution in [3.8, 4) is 5.75 Å². The molecule has 1 saturated heterocycles. The first-order valence-corrected chi connectivity index (χ1v) is 6.75. The second kappa shape index (κ2) is 5.94. The number of amides is 1. The van der Waals surface area contributed by atoms with Crippen molar-refractivity contribution in [3.05, 3.63) is 29.8 Å². The Hall–Kier alpha value is -2.04. The van der Waals surface area contributed by atoms with Crippen LogP contribution in [0.4, 0.5) is 0 Å². The quantitative estimate of drug-likeness (QED) is 0.894. The summed E-state index contributed by atoms with van der Waals surface area (Å²) < 4.78 is 5.60. The van der Waals surface area contributed by atoms with E-state index in [0.717, 1.165) is 11.3 Å². The van der Waals surface area contributed by atoms with Crippen molar-refractivity contribution in [3.63, 3.8) is 0 Å². The summed E-state index contributed by atoms with van der Waals surface area (Å²) in [5, 5.41) is 9.13. The number of likely N-dealkylation sites (tertiary alicyclic amines) is 1. The van der Waals surface area contributed by atoms with Gasteiger partial charge in [0.1, 0.15) is 11.8 Å².